The van der Waals surface area contributed by atoms with Crippen molar-refractivity contribution in [2.45, 2.75) is 24.9 Å². The summed E-state index contributed by atoms with van der Waals surface area (Å²) in [4.78, 5) is 23.7. The van der Waals surface area contributed by atoms with Gasteiger partial charge in [-0.15, -0.1) is 0 Å². The number of fused-ring (bicyclic) bond motifs is 1. The number of aromatic nitrogens is 6. The van der Waals surface area contributed by atoms with Gasteiger partial charge >= 0.3 is 0 Å². The maximum atomic E-state index is 14.1. The molecule has 0 amide bonds. The van der Waals surface area contributed by atoms with Gasteiger partial charge in [0.15, 0.2) is 23.1 Å². The second-order valence-electron chi connectivity index (χ2n) is 9.68. The number of halogens is 3. The molecule has 0 unspecified atom stereocenters. The second kappa shape index (κ2) is 9.83. The van der Waals surface area contributed by atoms with Crippen LogP contribution in [0, 0.1) is 11.6 Å². The van der Waals surface area contributed by atoms with Crippen LogP contribution in [0.2, 0.25) is 5.15 Å². The molecule has 1 atom stereocenters. The SMILES string of the molecule is Nc1ncnc2c1ncn2Cc1cc(-c2ccc(F)c(F)c2)ncc1N1CCC[C@](N)(c2ccnc(Cl)c2)C1. The molecular weight excluding hydrogens is 524 g/mol. The predicted octanol–water partition coefficient (Wildman–Crippen LogP) is 4.30. The topological polar surface area (TPSA) is 125 Å². The monoisotopic (exact) mass is 547 g/mol. The Morgan fingerprint density at radius 2 is 1.87 bits per heavy atom. The molecule has 1 saturated heterocycles. The van der Waals surface area contributed by atoms with Crippen LogP contribution in [0.15, 0.2) is 61.4 Å². The molecule has 5 aromatic rings. The van der Waals surface area contributed by atoms with Crippen LogP contribution in [0.3, 0.4) is 0 Å². The van der Waals surface area contributed by atoms with Crippen molar-refractivity contribution < 1.29 is 8.78 Å². The summed E-state index contributed by atoms with van der Waals surface area (Å²) >= 11 is 6.17. The first-order chi connectivity index (χ1) is 18.8. The van der Waals surface area contributed by atoms with E-state index < -0.39 is 17.2 Å². The van der Waals surface area contributed by atoms with Gasteiger partial charge in [0.05, 0.1) is 36.0 Å². The molecule has 0 aliphatic carbocycles. The predicted molar refractivity (Wildman–Crippen MR) is 145 cm³/mol. The van der Waals surface area contributed by atoms with Crippen LogP contribution in [-0.2, 0) is 12.1 Å². The second-order valence-corrected chi connectivity index (χ2v) is 10.1. The third kappa shape index (κ3) is 4.75. The summed E-state index contributed by atoms with van der Waals surface area (Å²) in [6.45, 7) is 1.65. The van der Waals surface area contributed by atoms with Crippen molar-refractivity contribution in [1.29, 1.82) is 0 Å². The first-order valence-corrected chi connectivity index (χ1v) is 12.7. The lowest BCUT2D eigenvalue weighted by atomic mass is 9.83. The summed E-state index contributed by atoms with van der Waals surface area (Å²) < 4.78 is 29.5. The van der Waals surface area contributed by atoms with Crippen molar-refractivity contribution in [3.05, 3.63) is 89.4 Å². The van der Waals surface area contributed by atoms with E-state index >= 15 is 0 Å². The largest absolute Gasteiger partial charge is 0.382 e. The Bertz CT molecular complexity index is 1690. The minimum Gasteiger partial charge on any atom is -0.382 e. The van der Waals surface area contributed by atoms with Gasteiger partial charge in [-0.2, -0.15) is 0 Å². The highest BCUT2D eigenvalue weighted by atomic mass is 35.5. The van der Waals surface area contributed by atoms with Crippen molar-refractivity contribution in [3.8, 4) is 11.3 Å². The van der Waals surface area contributed by atoms with Crippen LogP contribution >= 0.6 is 11.6 Å². The van der Waals surface area contributed by atoms with Gasteiger partial charge in [-0.05, 0) is 60.4 Å². The van der Waals surface area contributed by atoms with Gasteiger partial charge in [0.2, 0.25) is 0 Å². The lowest BCUT2D eigenvalue weighted by Gasteiger charge is -2.42. The molecule has 9 nitrogen and oxygen atoms in total. The van der Waals surface area contributed by atoms with Crippen LogP contribution in [0.4, 0.5) is 20.3 Å². The molecule has 4 N–H and O–H groups in total. The number of hydrogen-bond donors (Lipinski definition) is 2. The summed E-state index contributed by atoms with van der Waals surface area (Å²) in [7, 11) is 0. The zero-order valence-electron chi connectivity index (χ0n) is 20.7. The van der Waals surface area contributed by atoms with Crippen LogP contribution in [0.1, 0.15) is 24.0 Å². The first-order valence-electron chi connectivity index (χ1n) is 12.3. The number of anilines is 2. The Morgan fingerprint density at radius 3 is 2.69 bits per heavy atom. The highest BCUT2D eigenvalue weighted by Gasteiger charge is 2.34. The number of pyridine rings is 2. The molecule has 1 aromatic carbocycles. The lowest BCUT2D eigenvalue weighted by Crippen LogP contribution is -2.52. The van der Waals surface area contributed by atoms with Crippen LogP contribution in [0.25, 0.3) is 22.4 Å². The van der Waals surface area contributed by atoms with E-state index in [4.69, 9.17) is 23.1 Å². The summed E-state index contributed by atoms with van der Waals surface area (Å²) in [5, 5.41) is 0.390. The molecular formula is C27H24ClF2N9. The number of nitrogens with two attached hydrogens (primary N) is 2. The summed E-state index contributed by atoms with van der Waals surface area (Å²) in [6, 6.07) is 9.30. The molecule has 1 fully saturated rings. The van der Waals surface area contributed by atoms with E-state index in [0.717, 1.165) is 48.3 Å². The van der Waals surface area contributed by atoms with Gasteiger partial charge < -0.3 is 20.9 Å². The quantitative estimate of drug-likeness (QED) is 0.312. The average Bonchev–Trinajstić information content (AvgIpc) is 3.34. The number of benzene rings is 1. The van der Waals surface area contributed by atoms with Crippen molar-refractivity contribution >= 4 is 34.3 Å². The van der Waals surface area contributed by atoms with Crippen LogP contribution < -0.4 is 16.4 Å². The fraction of sp³-hybridized carbons (Fsp3) is 0.222. The van der Waals surface area contributed by atoms with E-state index in [0.29, 0.717) is 40.7 Å². The first kappa shape index (κ1) is 25.1. The van der Waals surface area contributed by atoms with Crippen LogP contribution in [-0.4, -0.2) is 42.6 Å². The van der Waals surface area contributed by atoms with E-state index in [2.05, 4.69) is 29.8 Å². The smallest absolute Gasteiger partial charge is 0.165 e. The van der Waals surface area contributed by atoms with Gasteiger partial charge in [0, 0.05) is 24.8 Å². The number of imidazole rings is 1. The maximum absolute atomic E-state index is 14.1. The fourth-order valence-corrected chi connectivity index (χ4v) is 5.32. The molecule has 6 rings (SSSR count). The Balaban J connectivity index is 1.42. The van der Waals surface area contributed by atoms with Crippen molar-refractivity contribution in [2.75, 3.05) is 23.7 Å². The fourth-order valence-electron chi connectivity index (χ4n) is 5.15. The lowest BCUT2D eigenvalue weighted by molar-refractivity contribution is 0.353. The summed E-state index contributed by atoms with van der Waals surface area (Å²) in [5.41, 5.74) is 17.0. The van der Waals surface area contributed by atoms with Gasteiger partial charge in [-0.3, -0.25) is 4.98 Å². The summed E-state index contributed by atoms with van der Waals surface area (Å²) in [5.74, 6) is -1.56. The van der Waals surface area contributed by atoms with Gasteiger partial charge in [-0.25, -0.2) is 28.7 Å². The molecule has 1 aliphatic heterocycles. The Labute approximate surface area is 227 Å². The highest BCUT2D eigenvalue weighted by molar-refractivity contribution is 6.29. The van der Waals surface area contributed by atoms with E-state index in [-0.39, 0.29) is 5.82 Å². The number of nitrogens with zero attached hydrogens (tertiary/aromatic N) is 7. The Kier molecular flexibility index (Phi) is 6.32. The van der Waals surface area contributed by atoms with E-state index in [1.165, 1.54) is 12.4 Å². The van der Waals surface area contributed by atoms with E-state index in [9.17, 15) is 8.78 Å². The van der Waals surface area contributed by atoms with E-state index in [1.807, 2.05) is 16.7 Å². The van der Waals surface area contributed by atoms with Gasteiger partial charge in [-0.1, -0.05) is 11.6 Å². The molecule has 4 aromatic heterocycles. The average molecular weight is 548 g/mol. The Morgan fingerprint density at radius 1 is 1.00 bits per heavy atom. The third-order valence-electron chi connectivity index (χ3n) is 7.12. The molecule has 5 heterocycles. The molecule has 0 bridgehead atoms. The number of rotatable bonds is 5. The zero-order chi connectivity index (χ0) is 27.1. The minimum absolute atomic E-state index is 0.288. The third-order valence-corrected chi connectivity index (χ3v) is 7.32. The summed E-state index contributed by atoms with van der Waals surface area (Å²) in [6.07, 6.45) is 8.08. The molecule has 39 heavy (non-hydrogen) atoms. The van der Waals surface area contributed by atoms with E-state index in [1.54, 1.807) is 24.8 Å². The number of hydrogen-bond acceptors (Lipinski definition) is 8. The highest BCUT2D eigenvalue weighted by Crippen LogP contribution is 2.35. The molecule has 12 heteroatoms. The maximum Gasteiger partial charge on any atom is 0.165 e. The van der Waals surface area contributed by atoms with Crippen LogP contribution in [0.5, 0.6) is 0 Å². The number of nitrogen functional groups attached to an aromatic ring is 1. The molecule has 1 aliphatic rings. The van der Waals surface area contributed by atoms with Crippen molar-refractivity contribution in [3.63, 3.8) is 0 Å². The van der Waals surface area contributed by atoms with Crippen molar-refractivity contribution in [2.24, 2.45) is 5.73 Å². The molecule has 0 spiro atoms. The molecule has 0 radical (unpaired) electrons. The number of piperidine rings is 1. The van der Waals surface area contributed by atoms with Gasteiger partial charge in [0.1, 0.15) is 17.0 Å². The minimum atomic E-state index is -0.937. The normalized spacial score (nSPS) is 17.6. The zero-order valence-corrected chi connectivity index (χ0v) is 21.5. The van der Waals surface area contributed by atoms with Gasteiger partial charge in [0.25, 0.3) is 0 Å². The Hall–Kier alpha value is -4.22. The molecule has 198 valence electrons. The standard InChI is InChI=1S/C27H24ClF2N9/c28-23-10-18(4-6-33-23)27(32)5-1-7-38(13-27)22-11-34-21(16-2-3-19(29)20(30)8-16)9-17(22)12-39-15-37-24-25(31)35-14-36-26(24)39/h2-4,6,8-11,14-15H,1,5,7,12-13,32H2,(H2,31,35,36)/t27-/m1/s1. The van der Waals surface area contributed by atoms with Crippen molar-refractivity contribution in [1.82, 2.24) is 29.5 Å². The molecule has 0 saturated carbocycles.